The summed E-state index contributed by atoms with van der Waals surface area (Å²) in [6.45, 7) is 22.7. The van der Waals surface area contributed by atoms with Crippen LogP contribution >= 0.6 is 0 Å². The number of aliphatic carboxylic acids is 1. The number of carboxylic acids is 1. The molecule has 0 aliphatic carbocycles. The Balaban J connectivity index is 2.22. The Morgan fingerprint density at radius 3 is 2.07 bits per heavy atom. The van der Waals surface area contributed by atoms with Gasteiger partial charge in [-0.25, -0.2) is 13.2 Å². The number of ether oxygens (including phenoxy) is 2. The molecule has 2 aromatic rings. The lowest BCUT2D eigenvalue weighted by molar-refractivity contribution is -0.141. The van der Waals surface area contributed by atoms with E-state index in [2.05, 4.69) is 33.0 Å². The molecule has 0 fully saturated rings. The molecule has 0 spiro atoms. The number of hydrogen-bond donors (Lipinski definition) is 2. The number of carboxylic acid groups (broad SMARTS) is 1. The van der Waals surface area contributed by atoms with Gasteiger partial charge in [-0.05, 0) is 84.1 Å². The van der Waals surface area contributed by atoms with Crippen molar-refractivity contribution in [3.63, 3.8) is 0 Å². The molecule has 0 radical (unpaired) electrons. The highest BCUT2D eigenvalue weighted by molar-refractivity contribution is 7.89. The maximum atomic E-state index is 14.8. The Morgan fingerprint density at radius 1 is 0.977 bits per heavy atom. The van der Waals surface area contributed by atoms with Crippen molar-refractivity contribution in [2.75, 3.05) is 13.1 Å². The summed E-state index contributed by atoms with van der Waals surface area (Å²) in [7, 11) is -4.43. The summed E-state index contributed by atoms with van der Waals surface area (Å²) in [4.78, 5) is 25.3. The molecular formula is C34H50N2O7S. The molecule has 1 heterocycles. The number of alkyl carbamates (subject to hydrolysis) is 1. The molecule has 0 unspecified atom stereocenters. The summed E-state index contributed by atoms with van der Waals surface area (Å²) in [5.74, 6) is -0.614. The largest absolute Gasteiger partial charge is 0.487 e. The van der Waals surface area contributed by atoms with Crippen LogP contribution in [0.15, 0.2) is 35.2 Å². The molecule has 1 atom stereocenters. The van der Waals surface area contributed by atoms with Gasteiger partial charge in [-0.3, -0.25) is 4.79 Å². The van der Waals surface area contributed by atoms with Crippen molar-refractivity contribution in [1.29, 1.82) is 0 Å². The summed E-state index contributed by atoms with van der Waals surface area (Å²) in [6, 6.07) is 7.48. The van der Waals surface area contributed by atoms with Gasteiger partial charge in [0, 0.05) is 29.5 Å². The van der Waals surface area contributed by atoms with E-state index < -0.39 is 50.2 Å². The van der Waals surface area contributed by atoms with E-state index >= 15 is 0 Å². The first-order chi connectivity index (χ1) is 20.0. The van der Waals surface area contributed by atoms with Crippen LogP contribution in [0, 0.1) is 26.2 Å². The lowest BCUT2D eigenvalue weighted by Gasteiger charge is -2.57. The van der Waals surface area contributed by atoms with Gasteiger partial charge in [0.15, 0.2) is 0 Å². The molecule has 2 aromatic carbocycles. The van der Waals surface area contributed by atoms with Gasteiger partial charge in [-0.2, -0.15) is 4.31 Å². The number of rotatable bonds is 9. The molecule has 10 heteroatoms. The molecule has 1 amide bonds. The molecule has 9 nitrogen and oxygen atoms in total. The van der Waals surface area contributed by atoms with Crippen LogP contribution < -0.4 is 10.1 Å². The number of carbonyl (C=O) groups excluding carboxylic acids is 1. The molecule has 244 valence electrons. The maximum absolute atomic E-state index is 14.8. The molecule has 44 heavy (non-hydrogen) atoms. The van der Waals surface area contributed by atoms with Crippen LogP contribution in [0.25, 0.3) is 0 Å². The average Bonchev–Trinajstić information content (AvgIpc) is 2.86. The minimum atomic E-state index is -4.43. The van der Waals surface area contributed by atoms with Crippen LogP contribution in [0.3, 0.4) is 0 Å². The van der Waals surface area contributed by atoms with E-state index in [0.29, 0.717) is 28.0 Å². The van der Waals surface area contributed by atoms with Crippen molar-refractivity contribution in [3.05, 3.63) is 58.1 Å². The zero-order chi connectivity index (χ0) is 33.6. The Bertz CT molecular complexity index is 1520. The number of nitrogens with one attached hydrogen (secondary N) is 1. The predicted molar refractivity (Wildman–Crippen MR) is 172 cm³/mol. The highest BCUT2D eigenvalue weighted by Crippen LogP contribution is 2.59. The summed E-state index contributed by atoms with van der Waals surface area (Å²) in [5.41, 5.74) is 1.01. The Kier molecular flexibility index (Phi) is 9.65. The van der Waals surface area contributed by atoms with Crippen LogP contribution in [0.1, 0.15) is 90.1 Å². The second-order valence-electron chi connectivity index (χ2n) is 14.4. The van der Waals surface area contributed by atoms with E-state index in [9.17, 15) is 23.1 Å². The fourth-order valence-electron chi connectivity index (χ4n) is 6.10. The van der Waals surface area contributed by atoms with Crippen LogP contribution in [0.2, 0.25) is 0 Å². The number of benzene rings is 2. The maximum Gasteiger partial charge on any atom is 0.407 e. The first kappa shape index (κ1) is 35.4. The lowest BCUT2D eigenvalue weighted by Crippen LogP contribution is -2.58. The minimum absolute atomic E-state index is 0.0559. The Morgan fingerprint density at radius 2 is 1.55 bits per heavy atom. The molecule has 1 aliphatic rings. The van der Waals surface area contributed by atoms with Gasteiger partial charge in [0.2, 0.25) is 10.0 Å². The average molecular weight is 631 g/mol. The van der Waals surface area contributed by atoms with E-state index in [1.807, 2.05) is 26.8 Å². The number of amides is 1. The molecule has 3 rings (SSSR count). The molecule has 1 aliphatic heterocycles. The van der Waals surface area contributed by atoms with E-state index in [4.69, 9.17) is 9.47 Å². The predicted octanol–water partition coefficient (Wildman–Crippen LogP) is 6.30. The highest BCUT2D eigenvalue weighted by atomic mass is 32.2. The zero-order valence-electron chi connectivity index (χ0n) is 28.3. The van der Waals surface area contributed by atoms with Crippen LogP contribution in [-0.2, 0) is 31.4 Å². The Labute approximate surface area is 263 Å². The second-order valence-corrected chi connectivity index (χ2v) is 16.2. The number of fused-ring (bicyclic) bond motifs is 1. The Hall–Kier alpha value is -3.11. The fraction of sp³-hybridized carbons (Fsp3) is 0.588. The molecule has 0 saturated carbocycles. The van der Waals surface area contributed by atoms with E-state index in [1.54, 1.807) is 58.9 Å². The van der Waals surface area contributed by atoms with Gasteiger partial charge in [0.05, 0.1) is 4.90 Å². The summed E-state index contributed by atoms with van der Waals surface area (Å²) in [6.07, 6.45) is -0.773. The first-order valence-electron chi connectivity index (χ1n) is 15.1. The first-order valence-corrected chi connectivity index (χ1v) is 16.5. The van der Waals surface area contributed by atoms with Gasteiger partial charge in [-0.15, -0.1) is 0 Å². The SMILES string of the molecule is Cc1c(C)c(S(=O)(=O)N(CCNC(=O)OC(C)(C)C)[C@@H](Cc2ccccc2)C(=O)O)c(C)c2c1OC(C)(C)C(C)(C)C2(C)C. The minimum Gasteiger partial charge on any atom is -0.487 e. The topological polar surface area (TPSA) is 122 Å². The van der Waals surface area contributed by atoms with Crippen molar-refractivity contribution in [2.45, 2.75) is 117 Å². The summed E-state index contributed by atoms with van der Waals surface area (Å²) < 4.78 is 42.6. The van der Waals surface area contributed by atoms with Crippen LogP contribution in [0.5, 0.6) is 5.75 Å². The van der Waals surface area contributed by atoms with Crippen molar-refractivity contribution >= 4 is 22.1 Å². The van der Waals surface area contributed by atoms with Crippen LogP contribution in [-0.4, -0.2) is 60.2 Å². The van der Waals surface area contributed by atoms with E-state index in [-0.39, 0.29) is 24.4 Å². The summed E-state index contributed by atoms with van der Waals surface area (Å²) >= 11 is 0. The third-order valence-corrected chi connectivity index (χ3v) is 11.9. The van der Waals surface area contributed by atoms with Crippen LogP contribution in [0.4, 0.5) is 4.79 Å². The van der Waals surface area contributed by atoms with Crippen molar-refractivity contribution in [2.24, 2.45) is 5.41 Å². The van der Waals surface area contributed by atoms with Gasteiger partial charge in [0.25, 0.3) is 0 Å². The zero-order valence-corrected chi connectivity index (χ0v) is 29.2. The van der Waals surface area contributed by atoms with Crippen molar-refractivity contribution in [3.8, 4) is 5.75 Å². The standard InChI is InChI=1S/C34H50N2O7S/c1-21-22(2)28(23(3)26-27(21)42-34(11,12)33(9,10)32(26,7)8)44(40,41)36(19-18-35-30(39)43-31(4,5)6)25(29(37)38)20-24-16-14-13-15-17-24/h13-17,25H,18-20H2,1-12H3,(H,35,39)(H,37,38)/t25-/m0/s1. The molecule has 0 saturated heterocycles. The number of hydrogen-bond acceptors (Lipinski definition) is 6. The smallest absolute Gasteiger partial charge is 0.407 e. The highest BCUT2D eigenvalue weighted by Gasteiger charge is 2.56. The van der Waals surface area contributed by atoms with Gasteiger partial charge >= 0.3 is 12.1 Å². The molecule has 2 N–H and O–H groups in total. The fourth-order valence-corrected chi connectivity index (χ4v) is 8.20. The monoisotopic (exact) mass is 630 g/mol. The van der Waals surface area contributed by atoms with Gasteiger partial charge in [-0.1, -0.05) is 58.0 Å². The van der Waals surface area contributed by atoms with Crippen molar-refractivity contribution in [1.82, 2.24) is 9.62 Å². The lowest BCUT2D eigenvalue weighted by atomic mass is 9.55. The second kappa shape index (κ2) is 12.0. The number of carbonyl (C=O) groups is 2. The third kappa shape index (κ3) is 6.47. The molecule has 0 aromatic heterocycles. The number of sulfonamides is 1. The quantitative estimate of drug-likeness (QED) is 0.334. The van der Waals surface area contributed by atoms with Gasteiger partial charge in [0.1, 0.15) is 23.0 Å². The molecule has 0 bridgehead atoms. The van der Waals surface area contributed by atoms with E-state index in [1.165, 1.54) is 0 Å². The third-order valence-electron chi connectivity index (χ3n) is 9.71. The summed E-state index contributed by atoms with van der Waals surface area (Å²) in [5, 5.41) is 13.0. The van der Waals surface area contributed by atoms with E-state index in [0.717, 1.165) is 9.87 Å². The molecular weight excluding hydrogens is 580 g/mol. The van der Waals surface area contributed by atoms with Crippen molar-refractivity contribution < 1.29 is 32.6 Å². The van der Waals surface area contributed by atoms with Gasteiger partial charge < -0.3 is 19.9 Å². The normalized spacial score (nSPS) is 17.8. The number of nitrogens with zero attached hydrogens (tertiary/aromatic N) is 1.